The van der Waals surface area contributed by atoms with Crippen LogP contribution in [0.3, 0.4) is 0 Å². The van der Waals surface area contributed by atoms with E-state index in [4.69, 9.17) is 33.2 Å². The maximum atomic E-state index is 12.7. The van der Waals surface area contributed by atoms with Crippen LogP contribution in [0.4, 0.5) is 5.69 Å². The van der Waals surface area contributed by atoms with Gasteiger partial charge in [-0.3, -0.25) is 14.7 Å². The highest BCUT2D eigenvalue weighted by Crippen LogP contribution is 2.26. The maximum Gasteiger partial charge on any atom is 0.274 e. The molecule has 158 valence electrons. The third kappa shape index (κ3) is 5.51. The number of aromatic nitrogens is 2. The number of benzene rings is 1. The Balaban J connectivity index is 1.57. The molecule has 0 aliphatic heterocycles. The van der Waals surface area contributed by atoms with Crippen molar-refractivity contribution in [1.82, 2.24) is 15.5 Å². The molecule has 3 rings (SSSR count). The van der Waals surface area contributed by atoms with Crippen LogP contribution in [-0.4, -0.2) is 40.8 Å². The fraction of sp³-hybridized carbons (Fsp3) is 0.400. The predicted octanol–water partition coefficient (Wildman–Crippen LogP) is 3.94. The summed E-state index contributed by atoms with van der Waals surface area (Å²) in [6.45, 7) is 0.434. The van der Waals surface area contributed by atoms with Crippen LogP contribution in [0.25, 0.3) is 0 Å². The molecule has 0 spiro atoms. The monoisotopic (exact) mass is 449 g/mol. The van der Waals surface area contributed by atoms with E-state index in [1.807, 2.05) is 0 Å². The molecular formula is C20H21Cl2N5O3. The standard InChI is InChI=1S/C20H21Cl2N5O3/c21-14-3-1-4-15(22)17(14)19(28)26-16-11-24-27-18(16)20(29)25-12-5-7-13(8-6-12)30-10-2-9-23/h1,3-4,11-13H,2,5-8,10H2,(H,24,27)(H,25,29)(H,26,28). The number of amides is 2. The summed E-state index contributed by atoms with van der Waals surface area (Å²) in [5, 5.41) is 21.1. The van der Waals surface area contributed by atoms with Gasteiger partial charge in [0.25, 0.3) is 11.8 Å². The third-order valence-electron chi connectivity index (χ3n) is 4.87. The molecule has 0 bridgehead atoms. The molecule has 3 N–H and O–H groups in total. The average molecular weight is 450 g/mol. The molecule has 1 heterocycles. The number of carbonyl (C=O) groups excluding carboxylic acids is 2. The Kier molecular flexibility index (Phi) is 7.69. The molecule has 1 aromatic carbocycles. The first-order chi connectivity index (χ1) is 14.5. The maximum absolute atomic E-state index is 12.7. The minimum Gasteiger partial charge on any atom is -0.377 e. The van der Waals surface area contributed by atoms with Gasteiger partial charge in [0.15, 0.2) is 5.69 Å². The second-order valence-electron chi connectivity index (χ2n) is 6.92. The van der Waals surface area contributed by atoms with Crippen LogP contribution in [0.5, 0.6) is 0 Å². The van der Waals surface area contributed by atoms with Crippen molar-refractivity contribution in [3.63, 3.8) is 0 Å². The van der Waals surface area contributed by atoms with Gasteiger partial charge in [0, 0.05) is 12.2 Å². The molecule has 1 aliphatic rings. The van der Waals surface area contributed by atoms with Crippen molar-refractivity contribution in [3.05, 3.63) is 45.7 Å². The van der Waals surface area contributed by atoms with Crippen LogP contribution in [-0.2, 0) is 4.74 Å². The fourth-order valence-corrected chi connectivity index (χ4v) is 3.93. The molecule has 8 nitrogen and oxygen atoms in total. The van der Waals surface area contributed by atoms with E-state index in [-0.39, 0.29) is 45.0 Å². The molecule has 1 aliphatic carbocycles. The van der Waals surface area contributed by atoms with E-state index in [2.05, 4.69) is 26.9 Å². The number of halogens is 2. The number of nitriles is 1. The van der Waals surface area contributed by atoms with Crippen molar-refractivity contribution >= 4 is 40.7 Å². The van der Waals surface area contributed by atoms with Gasteiger partial charge >= 0.3 is 0 Å². The number of carbonyl (C=O) groups is 2. The number of aromatic amines is 1. The smallest absolute Gasteiger partial charge is 0.274 e. The fourth-order valence-electron chi connectivity index (χ4n) is 3.36. The number of anilines is 1. The van der Waals surface area contributed by atoms with Gasteiger partial charge < -0.3 is 15.4 Å². The number of hydrogen-bond acceptors (Lipinski definition) is 5. The average Bonchev–Trinajstić information content (AvgIpc) is 3.17. The molecule has 0 radical (unpaired) electrons. The van der Waals surface area contributed by atoms with Gasteiger partial charge in [-0.05, 0) is 37.8 Å². The zero-order chi connectivity index (χ0) is 21.5. The van der Waals surface area contributed by atoms with Gasteiger partial charge in [-0.15, -0.1) is 0 Å². The molecule has 2 aromatic rings. The molecule has 30 heavy (non-hydrogen) atoms. The first-order valence-corrected chi connectivity index (χ1v) is 10.3. The van der Waals surface area contributed by atoms with E-state index in [0.29, 0.717) is 13.0 Å². The van der Waals surface area contributed by atoms with Crippen molar-refractivity contribution in [2.24, 2.45) is 0 Å². The molecule has 0 unspecified atom stereocenters. The van der Waals surface area contributed by atoms with Crippen LogP contribution < -0.4 is 10.6 Å². The highest BCUT2D eigenvalue weighted by molar-refractivity contribution is 6.40. The summed E-state index contributed by atoms with van der Waals surface area (Å²) < 4.78 is 5.65. The lowest BCUT2D eigenvalue weighted by Gasteiger charge is -2.28. The van der Waals surface area contributed by atoms with Gasteiger partial charge in [0.1, 0.15) is 0 Å². The Morgan fingerprint density at radius 2 is 1.90 bits per heavy atom. The lowest BCUT2D eigenvalue weighted by molar-refractivity contribution is 0.0254. The molecule has 0 atom stereocenters. The van der Waals surface area contributed by atoms with E-state index in [0.717, 1.165) is 25.7 Å². The first-order valence-electron chi connectivity index (χ1n) is 9.58. The normalized spacial score (nSPS) is 18.4. The van der Waals surface area contributed by atoms with Crippen molar-refractivity contribution in [2.45, 2.75) is 44.2 Å². The number of H-pyrrole nitrogens is 1. The molecule has 0 saturated heterocycles. The molecule has 1 aromatic heterocycles. The van der Waals surface area contributed by atoms with Crippen molar-refractivity contribution in [3.8, 4) is 6.07 Å². The Morgan fingerprint density at radius 1 is 1.20 bits per heavy atom. The van der Waals surface area contributed by atoms with Crippen LogP contribution in [0.15, 0.2) is 24.4 Å². The number of hydrogen-bond donors (Lipinski definition) is 3. The third-order valence-corrected chi connectivity index (χ3v) is 5.50. The van der Waals surface area contributed by atoms with E-state index >= 15 is 0 Å². The van der Waals surface area contributed by atoms with Crippen molar-refractivity contribution in [2.75, 3.05) is 11.9 Å². The molecule has 1 fully saturated rings. The first kappa shape index (κ1) is 22.1. The largest absolute Gasteiger partial charge is 0.377 e. The summed E-state index contributed by atoms with van der Waals surface area (Å²) in [5.74, 6) is -0.915. The van der Waals surface area contributed by atoms with Gasteiger partial charge in [0.2, 0.25) is 0 Å². The number of ether oxygens (including phenoxy) is 1. The molecule has 1 saturated carbocycles. The van der Waals surface area contributed by atoms with E-state index in [1.54, 1.807) is 18.2 Å². The van der Waals surface area contributed by atoms with Crippen molar-refractivity contribution in [1.29, 1.82) is 5.26 Å². The predicted molar refractivity (Wildman–Crippen MR) is 113 cm³/mol. The summed E-state index contributed by atoms with van der Waals surface area (Å²) >= 11 is 12.1. The number of nitrogens with zero attached hydrogens (tertiary/aromatic N) is 2. The zero-order valence-corrected chi connectivity index (χ0v) is 17.6. The van der Waals surface area contributed by atoms with E-state index < -0.39 is 5.91 Å². The number of rotatable bonds is 7. The molecular weight excluding hydrogens is 429 g/mol. The Labute approximate surface area is 183 Å². The van der Waals surface area contributed by atoms with Gasteiger partial charge in [-0.25, -0.2) is 0 Å². The van der Waals surface area contributed by atoms with Crippen molar-refractivity contribution < 1.29 is 14.3 Å². The molecule has 2 amide bonds. The second-order valence-corrected chi connectivity index (χ2v) is 7.74. The highest BCUT2D eigenvalue weighted by Gasteiger charge is 2.26. The van der Waals surface area contributed by atoms with Gasteiger partial charge in [-0.1, -0.05) is 29.3 Å². The summed E-state index contributed by atoms with van der Waals surface area (Å²) in [5.41, 5.74) is 0.448. The summed E-state index contributed by atoms with van der Waals surface area (Å²) in [6.07, 6.45) is 5.08. The SMILES string of the molecule is N#CCCOC1CCC(NC(=O)c2n[nH]cc2NC(=O)c2c(Cl)cccc2Cl)CC1. The minimum atomic E-state index is -0.531. The van der Waals surface area contributed by atoms with Crippen LogP contribution in [0.2, 0.25) is 10.0 Å². The van der Waals surface area contributed by atoms with Crippen LogP contribution >= 0.6 is 23.2 Å². The number of nitrogens with one attached hydrogen (secondary N) is 3. The lowest BCUT2D eigenvalue weighted by atomic mass is 9.93. The summed E-state index contributed by atoms with van der Waals surface area (Å²) in [7, 11) is 0. The quantitative estimate of drug-likeness (QED) is 0.552. The van der Waals surface area contributed by atoms with E-state index in [9.17, 15) is 9.59 Å². The Bertz CT molecular complexity index is 928. The zero-order valence-electron chi connectivity index (χ0n) is 16.1. The van der Waals surface area contributed by atoms with E-state index in [1.165, 1.54) is 6.20 Å². The Hall–Kier alpha value is -2.60. The minimum absolute atomic E-state index is 0.00780. The van der Waals surface area contributed by atoms with Gasteiger partial charge in [-0.2, -0.15) is 10.4 Å². The lowest BCUT2D eigenvalue weighted by Crippen LogP contribution is -2.39. The van der Waals surface area contributed by atoms with Crippen LogP contribution in [0.1, 0.15) is 53.0 Å². The second kappa shape index (κ2) is 10.4. The highest BCUT2D eigenvalue weighted by atomic mass is 35.5. The van der Waals surface area contributed by atoms with Crippen LogP contribution in [0, 0.1) is 11.3 Å². The summed E-state index contributed by atoms with van der Waals surface area (Å²) in [4.78, 5) is 25.3. The summed E-state index contributed by atoms with van der Waals surface area (Å²) in [6, 6.07) is 6.81. The topological polar surface area (TPSA) is 120 Å². The van der Waals surface area contributed by atoms with Gasteiger partial charge in [0.05, 0.1) is 46.5 Å². The molecule has 10 heteroatoms. The Morgan fingerprint density at radius 3 is 2.57 bits per heavy atom.